The molecule has 7 nitrogen and oxygen atoms in total. The summed E-state index contributed by atoms with van der Waals surface area (Å²) in [7, 11) is -3.83. The minimum absolute atomic E-state index is 0.0362. The van der Waals surface area contributed by atoms with E-state index in [9.17, 15) is 18.5 Å². The van der Waals surface area contributed by atoms with Crippen LogP contribution in [0.25, 0.3) is 0 Å². The molecule has 0 aliphatic heterocycles. The number of nitrogens with zero attached hydrogens (tertiary/aromatic N) is 1. The second-order valence-electron chi connectivity index (χ2n) is 4.90. The summed E-state index contributed by atoms with van der Waals surface area (Å²) in [6.07, 6.45) is 0. The fourth-order valence-electron chi connectivity index (χ4n) is 1.19. The van der Waals surface area contributed by atoms with E-state index >= 15 is 0 Å². The summed E-state index contributed by atoms with van der Waals surface area (Å²) >= 11 is 0. The maximum atomic E-state index is 12.0. The van der Waals surface area contributed by atoms with Crippen LogP contribution in [0.3, 0.4) is 0 Å². The number of nitro groups is 1. The third-order valence-electron chi connectivity index (χ3n) is 2.51. The molecule has 0 aromatic heterocycles. The number of hydrogen-bond donors (Lipinski definition) is 2. The van der Waals surface area contributed by atoms with Crippen LogP contribution in [0.5, 0.6) is 0 Å². The summed E-state index contributed by atoms with van der Waals surface area (Å²) in [4.78, 5) is 9.77. The van der Waals surface area contributed by atoms with Gasteiger partial charge in [-0.15, -0.1) is 0 Å². The van der Waals surface area contributed by atoms with Crippen molar-refractivity contribution in [1.82, 2.24) is 4.72 Å². The van der Waals surface area contributed by atoms with E-state index in [1.807, 2.05) is 0 Å². The van der Waals surface area contributed by atoms with Gasteiger partial charge in [-0.1, -0.05) is 19.9 Å². The molecule has 1 aromatic carbocycles. The van der Waals surface area contributed by atoms with Gasteiger partial charge in [-0.05, 0) is 6.07 Å². The lowest BCUT2D eigenvalue weighted by molar-refractivity contribution is -0.385. The van der Waals surface area contributed by atoms with Crippen LogP contribution in [0.15, 0.2) is 29.2 Å². The second-order valence-corrected chi connectivity index (χ2v) is 6.67. The number of nitrogens with one attached hydrogen (secondary N) is 1. The first kappa shape index (κ1) is 15.5. The number of hydrogen-bond acceptors (Lipinski definition) is 5. The molecular weight excluding hydrogens is 272 g/mol. The van der Waals surface area contributed by atoms with Gasteiger partial charge in [-0.25, -0.2) is 13.1 Å². The molecule has 0 spiro atoms. The van der Waals surface area contributed by atoms with Crippen molar-refractivity contribution in [1.29, 1.82) is 0 Å². The van der Waals surface area contributed by atoms with E-state index in [4.69, 9.17) is 5.11 Å². The smallest absolute Gasteiger partial charge is 0.270 e. The van der Waals surface area contributed by atoms with Gasteiger partial charge in [-0.3, -0.25) is 10.1 Å². The van der Waals surface area contributed by atoms with Gasteiger partial charge in [0.2, 0.25) is 10.0 Å². The molecule has 0 aliphatic rings. The Labute approximate surface area is 111 Å². The van der Waals surface area contributed by atoms with Crippen LogP contribution in [0, 0.1) is 15.5 Å². The summed E-state index contributed by atoms with van der Waals surface area (Å²) in [5.41, 5.74) is -0.891. The average Bonchev–Trinajstić information content (AvgIpc) is 2.37. The monoisotopic (exact) mass is 288 g/mol. The van der Waals surface area contributed by atoms with Crippen LogP contribution in [-0.2, 0) is 10.0 Å². The van der Waals surface area contributed by atoms with Crippen LogP contribution in [0.1, 0.15) is 13.8 Å². The number of sulfonamides is 1. The van der Waals surface area contributed by atoms with Crippen LogP contribution >= 0.6 is 0 Å². The van der Waals surface area contributed by atoms with Gasteiger partial charge in [0.1, 0.15) is 0 Å². The molecular formula is C11H16N2O5S. The SMILES string of the molecule is CC(C)(CO)CNS(=O)(=O)c1cccc([N+](=O)[O-])c1. The molecule has 19 heavy (non-hydrogen) atoms. The Morgan fingerprint density at radius 2 is 2.05 bits per heavy atom. The summed E-state index contributed by atoms with van der Waals surface area (Å²) in [6, 6.07) is 4.80. The zero-order valence-corrected chi connectivity index (χ0v) is 11.5. The first-order valence-corrected chi connectivity index (χ1v) is 7.01. The summed E-state index contributed by atoms with van der Waals surface area (Å²) in [5, 5.41) is 19.7. The van der Waals surface area contributed by atoms with Gasteiger partial charge in [0.05, 0.1) is 9.82 Å². The molecule has 0 heterocycles. The molecule has 1 aromatic rings. The average molecular weight is 288 g/mol. The third-order valence-corrected chi connectivity index (χ3v) is 3.91. The maximum Gasteiger partial charge on any atom is 0.270 e. The Bertz CT molecular complexity index is 568. The first-order valence-electron chi connectivity index (χ1n) is 5.53. The predicted octanol–water partition coefficient (Wildman–Crippen LogP) is 0.892. The molecule has 0 unspecified atom stereocenters. The number of nitro benzene ring substituents is 1. The molecule has 1 rings (SSSR count). The molecule has 0 atom stereocenters. The zero-order chi connectivity index (χ0) is 14.7. The van der Waals surface area contributed by atoms with Crippen molar-refractivity contribution in [2.75, 3.05) is 13.2 Å². The molecule has 0 fully saturated rings. The topological polar surface area (TPSA) is 110 Å². The quantitative estimate of drug-likeness (QED) is 0.596. The molecule has 0 radical (unpaired) electrons. The molecule has 106 valence electrons. The lowest BCUT2D eigenvalue weighted by Gasteiger charge is -2.21. The fourth-order valence-corrected chi connectivity index (χ4v) is 2.47. The van der Waals surface area contributed by atoms with Crippen LogP contribution in [-0.4, -0.2) is 31.6 Å². The molecule has 0 amide bonds. The molecule has 8 heteroatoms. The molecule has 0 saturated carbocycles. The number of non-ortho nitro benzene ring substituents is 1. The highest BCUT2D eigenvalue weighted by atomic mass is 32.2. The highest BCUT2D eigenvalue weighted by molar-refractivity contribution is 7.89. The van der Waals surface area contributed by atoms with Crippen molar-refractivity contribution < 1.29 is 18.4 Å². The minimum atomic E-state index is -3.83. The molecule has 0 saturated heterocycles. The third kappa shape index (κ3) is 4.27. The van der Waals surface area contributed by atoms with E-state index in [2.05, 4.69) is 4.72 Å². The molecule has 2 N–H and O–H groups in total. The van der Waals surface area contributed by atoms with E-state index in [1.54, 1.807) is 13.8 Å². The van der Waals surface area contributed by atoms with E-state index < -0.39 is 20.4 Å². The summed E-state index contributed by atoms with van der Waals surface area (Å²) in [6.45, 7) is 3.25. The van der Waals surface area contributed by atoms with Crippen molar-refractivity contribution in [3.05, 3.63) is 34.4 Å². The maximum absolute atomic E-state index is 12.0. The van der Waals surface area contributed by atoms with E-state index in [-0.39, 0.29) is 23.7 Å². The first-order chi connectivity index (χ1) is 8.68. The van der Waals surface area contributed by atoms with Gasteiger partial charge in [0.15, 0.2) is 0 Å². The van der Waals surface area contributed by atoms with Gasteiger partial charge in [-0.2, -0.15) is 0 Å². The number of aliphatic hydroxyl groups excluding tert-OH is 1. The highest BCUT2D eigenvalue weighted by Crippen LogP contribution is 2.18. The van der Waals surface area contributed by atoms with Gasteiger partial charge >= 0.3 is 0 Å². The Morgan fingerprint density at radius 3 is 2.58 bits per heavy atom. The lowest BCUT2D eigenvalue weighted by Crippen LogP contribution is -2.36. The Morgan fingerprint density at radius 1 is 1.42 bits per heavy atom. The standard InChI is InChI=1S/C11H16N2O5S/c1-11(2,8-14)7-12-19(17,18)10-5-3-4-9(6-10)13(15)16/h3-6,12,14H,7-8H2,1-2H3. The number of benzene rings is 1. The minimum Gasteiger partial charge on any atom is -0.396 e. The van der Waals surface area contributed by atoms with Crippen molar-refractivity contribution in [3.63, 3.8) is 0 Å². The van der Waals surface area contributed by atoms with E-state index in [0.29, 0.717) is 0 Å². The Kier molecular flexibility index (Phi) is 4.61. The van der Waals surface area contributed by atoms with Gasteiger partial charge in [0.25, 0.3) is 5.69 Å². The van der Waals surface area contributed by atoms with Gasteiger partial charge < -0.3 is 5.11 Å². The van der Waals surface area contributed by atoms with E-state index in [1.165, 1.54) is 18.2 Å². The molecule has 0 aliphatic carbocycles. The van der Waals surface area contributed by atoms with Crippen LogP contribution in [0.2, 0.25) is 0 Å². The zero-order valence-electron chi connectivity index (χ0n) is 10.7. The van der Waals surface area contributed by atoms with Crippen molar-refractivity contribution in [2.45, 2.75) is 18.7 Å². The Hall–Kier alpha value is -1.51. The Balaban J connectivity index is 2.95. The predicted molar refractivity (Wildman–Crippen MR) is 69.2 cm³/mol. The van der Waals surface area contributed by atoms with Crippen molar-refractivity contribution in [3.8, 4) is 0 Å². The second kappa shape index (κ2) is 5.64. The normalized spacial score (nSPS) is 12.4. The van der Waals surface area contributed by atoms with Crippen molar-refractivity contribution in [2.24, 2.45) is 5.41 Å². The summed E-state index contributed by atoms with van der Waals surface area (Å²) in [5.74, 6) is 0. The van der Waals surface area contributed by atoms with Crippen molar-refractivity contribution >= 4 is 15.7 Å². The number of rotatable bonds is 6. The van der Waals surface area contributed by atoms with E-state index in [0.717, 1.165) is 6.07 Å². The highest BCUT2D eigenvalue weighted by Gasteiger charge is 2.22. The van der Waals surface area contributed by atoms with Crippen LogP contribution < -0.4 is 4.72 Å². The van der Waals surface area contributed by atoms with Crippen LogP contribution in [0.4, 0.5) is 5.69 Å². The summed E-state index contributed by atoms with van der Waals surface area (Å²) < 4.78 is 26.2. The molecule has 0 bridgehead atoms. The number of aliphatic hydroxyl groups is 1. The lowest BCUT2D eigenvalue weighted by atomic mass is 9.96. The fraction of sp³-hybridized carbons (Fsp3) is 0.455. The largest absolute Gasteiger partial charge is 0.396 e. The van der Waals surface area contributed by atoms with Gasteiger partial charge in [0, 0.05) is 30.7 Å².